The molecule has 0 saturated heterocycles. The molecule has 19 heavy (non-hydrogen) atoms. The minimum atomic E-state index is 0.0417. The lowest BCUT2D eigenvalue weighted by atomic mass is 10.2. The second kappa shape index (κ2) is 6.86. The van der Waals surface area contributed by atoms with Crippen LogP contribution in [0.1, 0.15) is 32.0 Å². The van der Waals surface area contributed by atoms with Gasteiger partial charge in [0.05, 0.1) is 17.8 Å². The fourth-order valence-corrected chi connectivity index (χ4v) is 1.69. The van der Waals surface area contributed by atoms with E-state index in [0.717, 1.165) is 22.8 Å². The summed E-state index contributed by atoms with van der Waals surface area (Å²) < 4.78 is 4.94. The lowest BCUT2D eigenvalue weighted by molar-refractivity contribution is -0.118. The maximum atomic E-state index is 10.5. The zero-order valence-corrected chi connectivity index (χ0v) is 13.0. The third-order valence-electron chi connectivity index (χ3n) is 2.60. The maximum Gasteiger partial charge on any atom is 0.210 e. The number of aromatic nitrogens is 2. The van der Waals surface area contributed by atoms with Crippen molar-refractivity contribution < 1.29 is 9.53 Å². The van der Waals surface area contributed by atoms with E-state index in [0.29, 0.717) is 13.1 Å². The molecule has 5 nitrogen and oxygen atoms in total. The average Bonchev–Trinajstić information content (AvgIpc) is 2.80. The topological polar surface area (TPSA) is 55.3 Å². The highest BCUT2D eigenvalue weighted by molar-refractivity contribution is 7.98. The van der Waals surface area contributed by atoms with Gasteiger partial charge in [-0.25, -0.2) is 9.97 Å². The minimum absolute atomic E-state index is 0.0417. The summed E-state index contributed by atoms with van der Waals surface area (Å²) in [5, 5.41) is 0.770. The number of hydrogen-bond acceptors (Lipinski definition) is 5. The highest BCUT2D eigenvalue weighted by Gasteiger charge is 2.19. The Morgan fingerprint density at radius 2 is 2.05 bits per heavy atom. The second-order valence-electron chi connectivity index (χ2n) is 5.16. The van der Waals surface area contributed by atoms with Gasteiger partial charge in [-0.2, -0.15) is 0 Å². The number of thioether (sulfide) groups is 1. The predicted octanol–water partition coefficient (Wildman–Crippen LogP) is 2.10. The fraction of sp³-hybridized carbons (Fsp3) is 0.615. The molecule has 0 N–H and O–H groups in total. The minimum Gasteiger partial charge on any atom is -0.379 e. The van der Waals surface area contributed by atoms with E-state index in [1.165, 1.54) is 11.8 Å². The van der Waals surface area contributed by atoms with Gasteiger partial charge in [-0.1, -0.05) is 11.8 Å². The van der Waals surface area contributed by atoms with Gasteiger partial charge in [-0.05, 0) is 27.0 Å². The van der Waals surface area contributed by atoms with Crippen LogP contribution in [0.25, 0.3) is 0 Å². The molecule has 1 aromatic heterocycles. The molecule has 0 spiro atoms. The third-order valence-corrected chi connectivity index (χ3v) is 3.16. The zero-order chi connectivity index (χ0) is 14.5. The van der Waals surface area contributed by atoms with Crippen LogP contribution in [0.2, 0.25) is 0 Å². The van der Waals surface area contributed by atoms with Crippen LogP contribution in [0.3, 0.4) is 0 Å². The highest BCUT2D eigenvalue weighted by atomic mass is 32.2. The van der Waals surface area contributed by atoms with Crippen molar-refractivity contribution in [3.63, 3.8) is 0 Å². The number of carbonyl (C=O) groups is 1. The Balaban J connectivity index is 0.000000258. The number of nitrogens with zero attached hydrogens (tertiary/aromatic N) is 3. The Labute approximate surface area is 118 Å². The second-order valence-corrected chi connectivity index (χ2v) is 5.93. The van der Waals surface area contributed by atoms with Crippen LogP contribution in [0.5, 0.6) is 0 Å². The summed E-state index contributed by atoms with van der Waals surface area (Å²) in [6, 6.07) is 0. The van der Waals surface area contributed by atoms with Crippen LogP contribution >= 0.6 is 11.8 Å². The van der Waals surface area contributed by atoms with Crippen molar-refractivity contribution in [2.45, 2.75) is 44.6 Å². The molecule has 2 rings (SSSR count). The molecule has 0 radical (unpaired) electrons. The molecule has 0 aliphatic carbocycles. The largest absolute Gasteiger partial charge is 0.379 e. The molecular formula is C13H21N3O2S. The van der Waals surface area contributed by atoms with Crippen molar-refractivity contribution in [2.24, 2.45) is 0 Å². The molecule has 0 unspecified atom stereocenters. The van der Waals surface area contributed by atoms with Gasteiger partial charge >= 0.3 is 0 Å². The molecule has 106 valence electrons. The standard InChI is InChI=1S/C8H9N3OS.C5H12O/c1-13-8-9-2-6-3-11(5-12)4-7(6)10-8;1-5(2,3)6-4/h2,5H,3-4H2,1H3;1-4H3. The number of rotatable bonds is 2. The first-order valence-corrected chi connectivity index (χ1v) is 7.25. The summed E-state index contributed by atoms with van der Waals surface area (Å²) in [5.74, 6) is 0. The summed E-state index contributed by atoms with van der Waals surface area (Å²) in [6.07, 6.45) is 4.59. The van der Waals surface area contributed by atoms with Gasteiger partial charge in [-0.15, -0.1) is 0 Å². The lowest BCUT2D eigenvalue weighted by Crippen LogP contribution is -2.15. The van der Waals surface area contributed by atoms with Crippen LogP contribution in [0.4, 0.5) is 0 Å². The molecule has 1 aromatic rings. The number of methoxy groups -OCH3 is 1. The molecule has 0 aromatic carbocycles. The SMILES string of the molecule is COC(C)(C)C.CSc1ncc2c(n1)CN(C=O)C2. The van der Waals surface area contributed by atoms with Crippen molar-refractivity contribution in [2.75, 3.05) is 13.4 Å². The first-order valence-electron chi connectivity index (χ1n) is 6.03. The molecule has 0 fully saturated rings. The van der Waals surface area contributed by atoms with E-state index in [4.69, 9.17) is 4.74 Å². The van der Waals surface area contributed by atoms with Gasteiger partial charge in [0.2, 0.25) is 6.41 Å². The van der Waals surface area contributed by atoms with Crippen molar-refractivity contribution in [3.8, 4) is 0 Å². The van der Waals surface area contributed by atoms with Gasteiger partial charge in [0.15, 0.2) is 5.16 Å². The first kappa shape index (κ1) is 15.9. The van der Waals surface area contributed by atoms with E-state index >= 15 is 0 Å². The predicted molar refractivity (Wildman–Crippen MR) is 75.9 cm³/mol. The smallest absolute Gasteiger partial charge is 0.210 e. The zero-order valence-electron chi connectivity index (χ0n) is 12.1. The van der Waals surface area contributed by atoms with E-state index < -0.39 is 0 Å². The first-order chi connectivity index (χ1) is 8.89. The molecule has 6 heteroatoms. The number of carbonyl (C=O) groups excluding carboxylic acids is 1. The summed E-state index contributed by atoms with van der Waals surface area (Å²) in [6.45, 7) is 7.33. The molecule has 0 bridgehead atoms. The van der Waals surface area contributed by atoms with E-state index in [1.807, 2.05) is 27.0 Å². The summed E-state index contributed by atoms with van der Waals surface area (Å²) in [5.41, 5.74) is 2.08. The fourth-order valence-electron chi connectivity index (χ4n) is 1.33. The Kier molecular flexibility index (Phi) is 5.75. The molecular weight excluding hydrogens is 262 g/mol. The van der Waals surface area contributed by atoms with Gasteiger partial charge < -0.3 is 9.64 Å². The normalized spacial score (nSPS) is 13.6. The van der Waals surface area contributed by atoms with Crippen LogP contribution in [-0.2, 0) is 22.6 Å². The Bertz CT molecular complexity index is 432. The van der Waals surface area contributed by atoms with Crippen molar-refractivity contribution >= 4 is 18.2 Å². The van der Waals surface area contributed by atoms with Crippen LogP contribution in [-0.4, -0.2) is 40.2 Å². The van der Waals surface area contributed by atoms with E-state index in [2.05, 4.69) is 9.97 Å². The van der Waals surface area contributed by atoms with Crippen molar-refractivity contribution in [1.82, 2.24) is 14.9 Å². The van der Waals surface area contributed by atoms with Gasteiger partial charge in [0.25, 0.3) is 0 Å². The van der Waals surface area contributed by atoms with Crippen LogP contribution in [0, 0.1) is 0 Å². The van der Waals surface area contributed by atoms with Crippen molar-refractivity contribution in [3.05, 3.63) is 17.5 Å². The molecule has 0 atom stereocenters. The van der Waals surface area contributed by atoms with Crippen LogP contribution < -0.4 is 0 Å². The summed E-state index contributed by atoms with van der Waals surface area (Å²) >= 11 is 1.51. The van der Waals surface area contributed by atoms with E-state index in [-0.39, 0.29) is 5.60 Å². The monoisotopic (exact) mass is 283 g/mol. The maximum absolute atomic E-state index is 10.5. The Morgan fingerprint density at radius 3 is 2.53 bits per heavy atom. The number of hydrogen-bond donors (Lipinski definition) is 0. The Morgan fingerprint density at radius 1 is 1.42 bits per heavy atom. The highest BCUT2D eigenvalue weighted by Crippen LogP contribution is 2.20. The summed E-state index contributed by atoms with van der Waals surface area (Å²) in [7, 11) is 1.71. The molecule has 1 amide bonds. The molecule has 1 aliphatic rings. The van der Waals surface area contributed by atoms with E-state index in [9.17, 15) is 4.79 Å². The molecule has 1 aliphatic heterocycles. The van der Waals surface area contributed by atoms with Crippen LogP contribution in [0.15, 0.2) is 11.4 Å². The van der Waals surface area contributed by atoms with Gasteiger partial charge in [0, 0.05) is 25.4 Å². The Hall–Kier alpha value is -1.14. The quantitative estimate of drug-likeness (QED) is 0.472. The third kappa shape index (κ3) is 5.16. The molecule has 0 saturated carbocycles. The number of fused-ring (bicyclic) bond motifs is 1. The van der Waals surface area contributed by atoms with Crippen molar-refractivity contribution in [1.29, 1.82) is 0 Å². The van der Waals surface area contributed by atoms with Gasteiger partial charge in [-0.3, -0.25) is 4.79 Å². The summed E-state index contributed by atoms with van der Waals surface area (Å²) in [4.78, 5) is 20.7. The molecule has 2 heterocycles. The van der Waals surface area contributed by atoms with E-state index in [1.54, 1.807) is 18.2 Å². The average molecular weight is 283 g/mol. The number of ether oxygens (including phenoxy) is 1. The van der Waals surface area contributed by atoms with Gasteiger partial charge in [0.1, 0.15) is 0 Å². The number of amides is 1. The lowest BCUT2D eigenvalue weighted by Gasteiger charge is -2.14.